The molecule has 7 rings (SSSR count). The number of hydrogen-bond acceptors (Lipinski definition) is 12. The zero-order valence-electron chi connectivity index (χ0n) is 37.8. The van der Waals surface area contributed by atoms with Gasteiger partial charge in [-0.1, -0.05) is 91.0 Å². The second-order valence-corrected chi connectivity index (χ2v) is 16.6. The van der Waals surface area contributed by atoms with E-state index in [4.69, 9.17) is 47.5 Å². The van der Waals surface area contributed by atoms with E-state index in [0.717, 1.165) is 56.0 Å². The average molecular weight is 874 g/mol. The molecule has 1 saturated heterocycles. The van der Waals surface area contributed by atoms with E-state index in [1.807, 2.05) is 103 Å². The molecule has 6 aromatic carbocycles. The Morgan fingerprint density at radius 3 is 1.62 bits per heavy atom. The highest BCUT2D eigenvalue weighted by molar-refractivity contribution is 5.95. The summed E-state index contributed by atoms with van der Waals surface area (Å²) < 4.78 is 55.2. The number of carbonyl (C=O) groups excluding carboxylic acids is 1. The molecule has 0 N–H and O–H groups in total. The number of fused-ring (bicyclic) bond motifs is 2. The Labute approximate surface area is 375 Å². The van der Waals surface area contributed by atoms with Crippen LogP contribution >= 0.6 is 0 Å². The Balaban J connectivity index is 1.19. The molecule has 0 amide bonds. The van der Waals surface area contributed by atoms with Gasteiger partial charge in [0.15, 0.2) is 0 Å². The van der Waals surface area contributed by atoms with Crippen molar-refractivity contribution in [1.29, 1.82) is 0 Å². The summed E-state index contributed by atoms with van der Waals surface area (Å²) in [6, 6.07) is 37.9. The van der Waals surface area contributed by atoms with Gasteiger partial charge in [0.05, 0.1) is 86.8 Å². The van der Waals surface area contributed by atoms with Crippen molar-refractivity contribution in [3.63, 3.8) is 0 Å². The molecular formula is C52H59NO11. The fourth-order valence-corrected chi connectivity index (χ4v) is 8.20. The third kappa shape index (κ3) is 11.4. The van der Waals surface area contributed by atoms with E-state index in [9.17, 15) is 4.79 Å². The molecule has 1 fully saturated rings. The lowest BCUT2D eigenvalue weighted by molar-refractivity contribution is -0.209. The second kappa shape index (κ2) is 21.6. The first-order valence-electron chi connectivity index (χ1n) is 21.6. The van der Waals surface area contributed by atoms with Gasteiger partial charge in [0, 0.05) is 45.0 Å². The molecule has 0 unspecified atom stereocenters. The van der Waals surface area contributed by atoms with E-state index in [1.54, 1.807) is 54.3 Å². The monoisotopic (exact) mass is 873 g/mol. The van der Waals surface area contributed by atoms with Crippen LogP contribution in [0.1, 0.15) is 55.4 Å². The van der Waals surface area contributed by atoms with Gasteiger partial charge in [-0.25, -0.2) is 4.79 Å². The van der Waals surface area contributed by atoms with E-state index in [2.05, 4.69) is 12.1 Å². The van der Waals surface area contributed by atoms with Gasteiger partial charge in [0.2, 0.25) is 0 Å². The third-order valence-electron chi connectivity index (χ3n) is 11.1. The van der Waals surface area contributed by atoms with Crippen LogP contribution in [0.25, 0.3) is 21.5 Å². The predicted octanol–water partition coefficient (Wildman–Crippen LogP) is 10.4. The van der Waals surface area contributed by atoms with Gasteiger partial charge in [0.25, 0.3) is 0 Å². The van der Waals surface area contributed by atoms with Crippen LogP contribution in [0.5, 0.6) is 28.7 Å². The minimum atomic E-state index is -0.822. The van der Waals surface area contributed by atoms with Crippen molar-refractivity contribution in [3.8, 4) is 28.7 Å². The second-order valence-electron chi connectivity index (χ2n) is 16.6. The first kappa shape index (κ1) is 46.0. The predicted molar refractivity (Wildman–Crippen MR) is 246 cm³/mol. The van der Waals surface area contributed by atoms with Gasteiger partial charge >= 0.3 is 6.16 Å². The number of hydrogen-bond donors (Lipinski definition) is 0. The summed E-state index contributed by atoms with van der Waals surface area (Å²) in [7, 11) is 6.60. The van der Waals surface area contributed by atoms with E-state index in [-0.39, 0.29) is 32.2 Å². The molecule has 338 valence electrons. The first-order valence-corrected chi connectivity index (χ1v) is 21.6. The molecule has 1 aliphatic rings. The van der Waals surface area contributed by atoms with E-state index in [0.29, 0.717) is 42.8 Å². The van der Waals surface area contributed by atoms with Crippen molar-refractivity contribution in [1.82, 2.24) is 5.06 Å². The minimum absolute atomic E-state index is 0.155. The van der Waals surface area contributed by atoms with Crippen LogP contribution in [0.15, 0.2) is 115 Å². The molecule has 6 aromatic rings. The molecule has 1 aliphatic heterocycles. The maximum absolute atomic E-state index is 13.2. The van der Waals surface area contributed by atoms with Crippen LogP contribution in [0, 0.1) is 0 Å². The highest BCUT2D eigenvalue weighted by atomic mass is 16.8. The molecule has 1 heterocycles. The summed E-state index contributed by atoms with van der Waals surface area (Å²) in [5.41, 5.74) is 2.92. The van der Waals surface area contributed by atoms with Crippen molar-refractivity contribution in [2.75, 3.05) is 54.7 Å². The van der Waals surface area contributed by atoms with Gasteiger partial charge in [-0.3, -0.25) is 0 Å². The minimum Gasteiger partial charge on any atom is -0.496 e. The number of hydroxylamine groups is 2. The fourth-order valence-electron chi connectivity index (χ4n) is 8.20. The molecular weight excluding hydrogens is 815 g/mol. The standard InChI is InChI=1S/C52H59NO11/c1-52(2,3)63-51(54)64-53-30-46(61-33-37-28-44(55-4)40-18-11-13-20-42(40)49(37)57-6)48(36-22-24-39(25-23-36)60-27-15-26-59-32-35-16-9-8-10-17-35)47(31-53)62-34-38-29-45(56-5)41-19-12-14-21-43(41)50(38)58-7/h8-14,16-25,28-29,46-48H,15,26-27,30-34H2,1-7H3/t46-,47+,48-. The zero-order valence-corrected chi connectivity index (χ0v) is 37.8. The van der Waals surface area contributed by atoms with Gasteiger partial charge in [-0.05, 0) is 56.2 Å². The molecule has 0 spiro atoms. The van der Waals surface area contributed by atoms with Crippen LogP contribution in [0.3, 0.4) is 0 Å². The molecule has 12 nitrogen and oxygen atoms in total. The molecule has 0 aromatic heterocycles. The number of ether oxygens (including phenoxy) is 9. The third-order valence-corrected chi connectivity index (χ3v) is 11.1. The molecule has 0 saturated carbocycles. The van der Waals surface area contributed by atoms with Crippen molar-refractivity contribution in [2.45, 2.75) is 70.7 Å². The van der Waals surface area contributed by atoms with Gasteiger partial charge in [0.1, 0.15) is 34.3 Å². The average Bonchev–Trinajstić information content (AvgIpc) is 3.30. The van der Waals surface area contributed by atoms with Crippen LogP contribution < -0.4 is 23.7 Å². The summed E-state index contributed by atoms with van der Waals surface area (Å²) in [5, 5.41) is 5.21. The topological polar surface area (TPSA) is 113 Å². The van der Waals surface area contributed by atoms with Crippen LogP contribution in [-0.4, -0.2) is 83.8 Å². The van der Waals surface area contributed by atoms with Gasteiger partial charge < -0.3 is 47.5 Å². The first-order chi connectivity index (χ1) is 31.1. The smallest absolute Gasteiger partial charge is 0.496 e. The number of nitrogens with zero attached hydrogens (tertiary/aromatic N) is 1. The maximum Gasteiger partial charge on any atom is 0.528 e. The lowest BCUT2D eigenvalue weighted by atomic mass is 9.85. The Morgan fingerprint density at radius 1 is 0.609 bits per heavy atom. The molecule has 0 aliphatic carbocycles. The number of benzene rings is 6. The highest BCUT2D eigenvalue weighted by Crippen LogP contribution is 2.41. The summed E-state index contributed by atoms with van der Waals surface area (Å²) in [5.74, 6) is 3.15. The SMILES string of the molecule is COc1cc(CO[C@H]2CN(OC(=O)OC(C)(C)C)C[C@@H](OCc3cc(OC)c4ccccc4c3OC)[C@H]2c2ccc(OCCCOCc3ccccc3)cc2)c(OC)c2ccccc12. The summed E-state index contributed by atoms with van der Waals surface area (Å²) in [6.07, 6.45) is -1.21. The normalized spacial score (nSPS) is 16.6. The van der Waals surface area contributed by atoms with Gasteiger partial charge in [-0.15, -0.1) is 5.06 Å². The molecule has 3 atom stereocenters. The summed E-state index contributed by atoms with van der Waals surface area (Å²) in [6.45, 7) is 7.76. The lowest BCUT2D eigenvalue weighted by Gasteiger charge is -2.42. The van der Waals surface area contributed by atoms with Crippen molar-refractivity contribution in [3.05, 3.63) is 138 Å². The molecule has 64 heavy (non-hydrogen) atoms. The Morgan fingerprint density at radius 2 is 1.12 bits per heavy atom. The number of piperidine rings is 1. The van der Waals surface area contributed by atoms with Crippen LogP contribution in [0.4, 0.5) is 4.79 Å². The summed E-state index contributed by atoms with van der Waals surface area (Å²) >= 11 is 0. The Hall–Kier alpha value is -6.05. The van der Waals surface area contributed by atoms with Crippen molar-refractivity contribution < 1.29 is 52.3 Å². The Bertz CT molecular complexity index is 2340. The van der Waals surface area contributed by atoms with Crippen molar-refractivity contribution in [2.24, 2.45) is 0 Å². The van der Waals surface area contributed by atoms with Crippen LogP contribution in [-0.2, 0) is 43.6 Å². The fraction of sp³-hybridized carbons (Fsp3) is 0.365. The maximum atomic E-state index is 13.2. The van der Waals surface area contributed by atoms with E-state index in [1.165, 1.54) is 0 Å². The molecule has 0 radical (unpaired) electrons. The number of carbonyl (C=O) groups is 1. The van der Waals surface area contributed by atoms with Crippen LogP contribution in [0.2, 0.25) is 0 Å². The quantitative estimate of drug-likeness (QED) is 0.0570. The van der Waals surface area contributed by atoms with E-state index < -0.39 is 24.0 Å². The van der Waals surface area contributed by atoms with Gasteiger partial charge in [-0.2, -0.15) is 0 Å². The number of methoxy groups -OCH3 is 4. The Kier molecular flexibility index (Phi) is 15.5. The zero-order chi connectivity index (χ0) is 45.1. The van der Waals surface area contributed by atoms with Crippen molar-refractivity contribution >= 4 is 27.7 Å². The van der Waals surface area contributed by atoms with E-state index >= 15 is 0 Å². The molecule has 0 bridgehead atoms. The number of rotatable bonds is 19. The highest BCUT2D eigenvalue weighted by Gasteiger charge is 2.42. The largest absolute Gasteiger partial charge is 0.528 e. The summed E-state index contributed by atoms with van der Waals surface area (Å²) in [4.78, 5) is 19.1. The molecule has 12 heteroatoms. The lowest BCUT2D eigenvalue weighted by Crippen LogP contribution is -2.53.